The number of para-hydroxylation sites is 1. The normalized spacial score (nSPS) is 30.0. The molecule has 0 amide bonds. The first-order valence-corrected chi connectivity index (χ1v) is 11.9. The van der Waals surface area contributed by atoms with Gasteiger partial charge in [-0.3, -0.25) is 0 Å². The zero-order valence-corrected chi connectivity index (χ0v) is 18.7. The Hall–Kier alpha value is -1.87. The number of benzene rings is 2. The Balaban J connectivity index is 1.59. The van der Waals surface area contributed by atoms with Crippen molar-refractivity contribution >= 4 is 22.7 Å². The zero-order chi connectivity index (χ0) is 22.5. The molecule has 1 saturated heterocycles. The highest BCUT2D eigenvalue weighted by molar-refractivity contribution is 8.00. The summed E-state index contributed by atoms with van der Waals surface area (Å²) in [4.78, 5) is -1.38. The molecule has 0 radical (unpaired) electrons. The molecular formula is C25H28O6S. The molecule has 6 nitrogen and oxygen atoms in total. The van der Waals surface area contributed by atoms with Crippen molar-refractivity contribution in [3.8, 4) is 0 Å². The van der Waals surface area contributed by atoms with Crippen LogP contribution in [0.15, 0.2) is 46.9 Å². The molecular weight excluding hydrogens is 428 g/mol. The molecule has 0 saturated carbocycles. The lowest BCUT2D eigenvalue weighted by Gasteiger charge is -2.48. The third-order valence-corrected chi connectivity index (χ3v) is 8.29. The van der Waals surface area contributed by atoms with Gasteiger partial charge in [-0.15, -0.1) is 11.8 Å². The molecule has 2 aliphatic heterocycles. The quantitative estimate of drug-likeness (QED) is 0.478. The fraction of sp³-hybridized carbons (Fsp3) is 0.440. The van der Waals surface area contributed by atoms with E-state index in [0.29, 0.717) is 25.2 Å². The summed E-state index contributed by atoms with van der Waals surface area (Å²) in [5, 5.41) is 41.8. The fourth-order valence-corrected chi connectivity index (χ4v) is 6.36. The van der Waals surface area contributed by atoms with Gasteiger partial charge in [0.15, 0.2) is 5.76 Å². The Labute approximate surface area is 190 Å². The lowest BCUT2D eigenvalue weighted by molar-refractivity contribution is -0.162. The van der Waals surface area contributed by atoms with Crippen molar-refractivity contribution in [3.63, 3.8) is 0 Å². The number of aliphatic hydroxyl groups is 4. The summed E-state index contributed by atoms with van der Waals surface area (Å²) < 4.78 is 12.4. The van der Waals surface area contributed by atoms with Crippen LogP contribution in [0.5, 0.6) is 0 Å². The van der Waals surface area contributed by atoms with Crippen LogP contribution in [0.4, 0.5) is 0 Å². The topological polar surface area (TPSA) is 103 Å². The summed E-state index contributed by atoms with van der Waals surface area (Å²) >= 11 is 1.12. The smallest absolute Gasteiger partial charge is 0.200 e. The minimum absolute atomic E-state index is 0.343. The maximum absolute atomic E-state index is 11.0. The SMILES string of the molecule is CCc1ccc(Cc2cccc3c4c(oc23)[C@]2(OCC4)S[C@H](CO)[C@@H](O)[C@H](O)[C@H]2O)cc1. The highest BCUT2D eigenvalue weighted by Crippen LogP contribution is 2.54. The summed E-state index contributed by atoms with van der Waals surface area (Å²) in [5.74, 6) is 0.467. The first-order chi connectivity index (χ1) is 15.5. The standard InChI is InChI=1S/C25H28O6S/c1-2-14-6-8-15(9-7-14)12-16-4-3-5-17-18-10-11-30-25(24(18)31-22(16)17)23(29)21(28)20(27)19(13-26)32-25/h3-9,19-21,23,26-29H,2,10-13H2,1H3/t19-,20-,21+,23-,25-/m1/s1. The average molecular weight is 457 g/mol. The largest absolute Gasteiger partial charge is 0.456 e. The molecule has 4 N–H and O–H groups in total. The van der Waals surface area contributed by atoms with Gasteiger partial charge in [-0.05, 0) is 23.1 Å². The molecule has 2 aromatic carbocycles. The molecule has 1 fully saturated rings. The molecule has 2 aliphatic rings. The highest BCUT2D eigenvalue weighted by atomic mass is 32.2. The van der Waals surface area contributed by atoms with Gasteiger partial charge in [0.05, 0.1) is 24.6 Å². The molecule has 3 heterocycles. The molecule has 1 spiro atoms. The van der Waals surface area contributed by atoms with Crippen molar-refractivity contribution in [1.29, 1.82) is 0 Å². The zero-order valence-electron chi connectivity index (χ0n) is 17.9. The summed E-state index contributed by atoms with van der Waals surface area (Å²) in [6.07, 6.45) is -1.78. The number of aliphatic hydroxyl groups excluding tert-OH is 4. The molecule has 5 rings (SSSR count). The van der Waals surface area contributed by atoms with E-state index in [9.17, 15) is 20.4 Å². The van der Waals surface area contributed by atoms with Gasteiger partial charge in [-0.25, -0.2) is 0 Å². The van der Waals surface area contributed by atoms with Gasteiger partial charge < -0.3 is 29.6 Å². The van der Waals surface area contributed by atoms with Crippen LogP contribution in [0, 0.1) is 0 Å². The summed E-state index contributed by atoms with van der Waals surface area (Å²) in [6.45, 7) is 2.13. The van der Waals surface area contributed by atoms with Crippen LogP contribution in [0.2, 0.25) is 0 Å². The van der Waals surface area contributed by atoms with Gasteiger partial charge in [-0.1, -0.05) is 49.4 Å². The lowest BCUT2D eigenvalue weighted by Crippen LogP contribution is -2.60. The van der Waals surface area contributed by atoms with E-state index in [4.69, 9.17) is 9.15 Å². The summed E-state index contributed by atoms with van der Waals surface area (Å²) in [6, 6.07) is 14.6. The number of furan rings is 1. The van der Waals surface area contributed by atoms with E-state index in [1.807, 2.05) is 18.2 Å². The van der Waals surface area contributed by atoms with Crippen LogP contribution in [0.25, 0.3) is 11.0 Å². The van der Waals surface area contributed by atoms with E-state index < -0.39 is 28.5 Å². The Morgan fingerprint density at radius 1 is 1.03 bits per heavy atom. The maximum atomic E-state index is 11.0. The average Bonchev–Trinajstić information content (AvgIpc) is 3.22. The van der Waals surface area contributed by atoms with Crippen LogP contribution in [-0.2, 0) is 28.9 Å². The maximum Gasteiger partial charge on any atom is 0.200 e. The van der Waals surface area contributed by atoms with E-state index in [0.717, 1.165) is 40.3 Å². The Morgan fingerprint density at radius 2 is 1.78 bits per heavy atom. The Morgan fingerprint density at radius 3 is 2.50 bits per heavy atom. The van der Waals surface area contributed by atoms with Crippen LogP contribution < -0.4 is 0 Å². The number of rotatable bonds is 4. The molecule has 170 valence electrons. The molecule has 32 heavy (non-hydrogen) atoms. The van der Waals surface area contributed by atoms with Gasteiger partial charge >= 0.3 is 0 Å². The number of hydrogen-bond donors (Lipinski definition) is 4. The summed E-state index contributed by atoms with van der Waals surface area (Å²) in [7, 11) is 0. The van der Waals surface area contributed by atoms with E-state index in [1.165, 1.54) is 11.1 Å². The van der Waals surface area contributed by atoms with Crippen molar-refractivity contribution in [3.05, 3.63) is 70.5 Å². The van der Waals surface area contributed by atoms with Crippen molar-refractivity contribution in [2.75, 3.05) is 13.2 Å². The summed E-state index contributed by atoms with van der Waals surface area (Å²) in [5.41, 5.74) is 5.20. The number of fused-ring (bicyclic) bond motifs is 4. The molecule has 1 aromatic heterocycles. The van der Waals surface area contributed by atoms with Crippen LogP contribution >= 0.6 is 11.8 Å². The van der Waals surface area contributed by atoms with Crippen LogP contribution in [-0.4, -0.2) is 57.2 Å². The fourth-order valence-electron chi connectivity index (χ4n) is 4.83. The first kappa shape index (κ1) is 21.9. The van der Waals surface area contributed by atoms with Gasteiger partial charge in [0.1, 0.15) is 17.8 Å². The number of hydrogen-bond acceptors (Lipinski definition) is 7. The number of ether oxygens (including phenoxy) is 1. The monoisotopic (exact) mass is 456 g/mol. The Bertz CT molecular complexity index is 1110. The van der Waals surface area contributed by atoms with Gasteiger partial charge in [0.2, 0.25) is 4.93 Å². The number of thioether (sulfide) groups is 1. The van der Waals surface area contributed by atoms with Crippen LogP contribution in [0.3, 0.4) is 0 Å². The van der Waals surface area contributed by atoms with Crippen molar-refractivity contribution in [2.45, 2.75) is 54.7 Å². The van der Waals surface area contributed by atoms with Crippen LogP contribution in [0.1, 0.15) is 34.9 Å². The van der Waals surface area contributed by atoms with Crippen molar-refractivity contribution in [2.24, 2.45) is 0 Å². The van der Waals surface area contributed by atoms with Gasteiger partial charge in [-0.2, -0.15) is 0 Å². The second-order valence-corrected chi connectivity index (χ2v) is 10.0. The van der Waals surface area contributed by atoms with Crippen molar-refractivity contribution < 1.29 is 29.6 Å². The minimum Gasteiger partial charge on any atom is -0.456 e. The molecule has 7 heteroatoms. The molecule has 5 atom stereocenters. The van der Waals surface area contributed by atoms with Gasteiger partial charge in [0, 0.05) is 23.8 Å². The van der Waals surface area contributed by atoms with Gasteiger partial charge in [0.25, 0.3) is 0 Å². The van der Waals surface area contributed by atoms with Crippen molar-refractivity contribution in [1.82, 2.24) is 0 Å². The first-order valence-electron chi connectivity index (χ1n) is 11.1. The molecule has 0 unspecified atom stereocenters. The molecule has 0 aliphatic carbocycles. The lowest BCUT2D eigenvalue weighted by atomic mass is 9.92. The minimum atomic E-state index is -1.45. The van der Waals surface area contributed by atoms with E-state index >= 15 is 0 Å². The number of aryl methyl sites for hydroxylation is 1. The predicted molar refractivity (Wildman–Crippen MR) is 123 cm³/mol. The molecule has 0 bridgehead atoms. The highest BCUT2D eigenvalue weighted by Gasteiger charge is 2.58. The Kier molecular flexibility index (Phi) is 5.82. The van der Waals surface area contributed by atoms with E-state index in [2.05, 4.69) is 31.2 Å². The van der Waals surface area contributed by atoms with E-state index in [1.54, 1.807) is 0 Å². The second-order valence-electron chi connectivity index (χ2n) is 8.58. The predicted octanol–water partition coefficient (Wildman–Crippen LogP) is 2.50. The third kappa shape index (κ3) is 3.39. The second kappa shape index (κ2) is 8.48. The molecule has 3 aromatic rings. The van der Waals surface area contributed by atoms with E-state index in [-0.39, 0.29) is 6.61 Å². The third-order valence-electron chi connectivity index (χ3n) is 6.66.